The second kappa shape index (κ2) is 13.7. The van der Waals surface area contributed by atoms with E-state index < -0.39 is 0 Å². The van der Waals surface area contributed by atoms with E-state index in [9.17, 15) is 0 Å². The molecule has 2 atom stereocenters. The van der Waals surface area contributed by atoms with Gasteiger partial charge < -0.3 is 24.7 Å². The van der Waals surface area contributed by atoms with Crippen molar-refractivity contribution in [2.24, 2.45) is 4.99 Å². The van der Waals surface area contributed by atoms with Gasteiger partial charge in [-0.2, -0.15) is 0 Å². The van der Waals surface area contributed by atoms with Crippen molar-refractivity contribution in [3.05, 3.63) is 54.0 Å². The lowest BCUT2D eigenvalue weighted by molar-refractivity contribution is 0.221. The lowest BCUT2D eigenvalue weighted by Gasteiger charge is -2.27. The molecule has 7 nitrogen and oxygen atoms in total. The number of likely N-dealkylation sites (N-methyl/N-ethyl adjacent to an activating group) is 1. The molecule has 0 bridgehead atoms. The molecule has 1 aromatic carbocycles. The maximum absolute atomic E-state index is 5.74. The average Bonchev–Trinajstić information content (AvgIpc) is 3.49. The minimum atomic E-state index is 0. The lowest BCUT2D eigenvalue weighted by Crippen LogP contribution is -2.42. The highest BCUT2D eigenvalue weighted by molar-refractivity contribution is 14.0. The number of likely N-dealkylation sites (tertiary alicyclic amines) is 1. The van der Waals surface area contributed by atoms with E-state index in [0.29, 0.717) is 6.54 Å². The monoisotopic (exact) mass is 555 g/mol. The molecule has 0 amide bonds. The van der Waals surface area contributed by atoms with Crippen molar-refractivity contribution in [2.75, 3.05) is 53.9 Å². The number of methoxy groups -OCH3 is 1. The molecule has 2 aromatic rings. The summed E-state index contributed by atoms with van der Waals surface area (Å²) in [6.07, 6.45) is 4.23. The number of furan rings is 1. The highest BCUT2D eigenvalue weighted by atomic mass is 127. The number of benzene rings is 1. The van der Waals surface area contributed by atoms with E-state index in [2.05, 4.69) is 59.7 Å². The van der Waals surface area contributed by atoms with Crippen LogP contribution in [0.15, 0.2) is 52.1 Å². The fraction of sp³-hybridized carbons (Fsp3) is 0.542. The molecule has 2 unspecified atom stereocenters. The molecule has 0 radical (unpaired) electrons. The van der Waals surface area contributed by atoms with E-state index in [1.54, 1.807) is 13.4 Å². The highest BCUT2D eigenvalue weighted by Gasteiger charge is 2.25. The van der Waals surface area contributed by atoms with E-state index in [-0.39, 0.29) is 36.1 Å². The summed E-state index contributed by atoms with van der Waals surface area (Å²) in [5, 5.41) is 6.93. The minimum Gasteiger partial charge on any atom is -0.497 e. The van der Waals surface area contributed by atoms with Gasteiger partial charge in [0.1, 0.15) is 11.5 Å². The first-order chi connectivity index (χ1) is 15.1. The maximum atomic E-state index is 5.74. The number of aliphatic imine (C=N–C) groups is 1. The van der Waals surface area contributed by atoms with Crippen LogP contribution in [0, 0.1) is 0 Å². The lowest BCUT2D eigenvalue weighted by atomic mass is 10.1. The third-order valence-corrected chi connectivity index (χ3v) is 5.78. The molecule has 0 spiro atoms. The predicted octanol–water partition coefficient (Wildman–Crippen LogP) is 3.90. The molecule has 0 aliphatic carbocycles. The van der Waals surface area contributed by atoms with Crippen LogP contribution in [-0.2, 0) is 0 Å². The van der Waals surface area contributed by atoms with Gasteiger partial charge in [0.25, 0.3) is 0 Å². The zero-order valence-electron chi connectivity index (χ0n) is 19.7. The van der Waals surface area contributed by atoms with Crippen molar-refractivity contribution < 1.29 is 9.15 Å². The van der Waals surface area contributed by atoms with Crippen molar-refractivity contribution in [1.29, 1.82) is 0 Å². The van der Waals surface area contributed by atoms with Gasteiger partial charge in [0, 0.05) is 13.1 Å². The molecule has 2 N–H and O–H groups in total. The summed E-state index contributed by atoms with van der Waals surface area (Å²) >= 11 is 0. The fourth-order valence-electron chi connectivity index (χ4n) is 4.08. The van der Waals surface area contributed by atoms with E-state index in [1.807, 2.05) is 18.2 Å². The van der Waals surface area contributed by atoms with E-state index in [1.165, 1.54) is 18.4 Å². The second-order valence-corrected chi connectivity index (χ2v) is 8.13. The van der Waals surface area contributed by atoms with Crippen LogP contribution in [0.3, 0.4) is 0 Å². The molecule has 8 heteroatoms. The van der Waals surface area contributed by atoms with Crippen LogP contribution in [-0.4, -0.2) is 69.7 Å². The van der Waals surface area contributed by atoms with Crippen LogP contribution < -0.4 is 15.4 Å². The van der Waals surface area contributed by atoms with Gasteiger partial charge in [0.05, 0.1) is 32.0 Å². The summed E-state index contributed by atoms with van der Waals surface area (Å²) in [5.74, 6) is 2.69. The van der Waals surface area contributed by atoms with Crippen molar-refractivity contribution in [2.45, 2.75) is 31.8 Å². The van der Waals surface area contributed by atoms with Crippen LogP contribution in [0.5, 0.6) is 5.75 Å². The number of halogens is 1. The molecule has 2 heterocycles. The third-order valence-electron chi connectivity index (χ3n) is 5.78. The number of nitrogens with zero attached hydrogens (tertiary/aromatic N) is 3. The molecule has 1 saturated heterocycles. The molecule has 1 aliphatic rings. The number of hydrogen-bond acceptors (Lipinski definition) is 5. The summed E-state index contributed by atoms with van der Waals surface area (Å²) in [6, 6.07) is 12.6. The zero-order chi connectivity index (χ0) is 22.1. The Balaban J connectivity index is 0.00000363. The van der Waals surface area contributed by atoms with E-state index >= 15 is 0 Å². The van der Waals surface area contributed by atoms with Crippen LogP contribution in [0.1, 0.15) is 43.2 Å². The highest BCUT2D eigenvalue weighted by Crippen LogP contribution is 2.26. The smallest absolute Gasteiger partial charge is 0.191 e. The number of guanidine groups is 1. The Morgan fingerprint density at radius 2 is 1.97 bits per heavy atom. The topological polar surface area (TPSA) is 65.3 Å². The van der Waals surface area contributed by atoms with E-state index in [0.717, 1.165) is 43.6 Å². The normalized spacial score (nSPS) is 16.5. The average molecular weight is 556 g/mol. The summed E-state index contributed by atoms with van der Waals surface area (Å²) in [4.78, 5) is 9.61. The first-order valence-corrected chi connectivity index (χ1v) is 11.2. The molecular weight excluding hydrogens is 517 g/mol. The van der Waals surface area contributed by atoms with Crippen LogP contribution in [0.25, 0.3) is 0 Å². The molecule has 32 heavy (non-hydrogen) atoms. The quantitative estimate of drug-likeness (QED) is 0.264. The van der Waals surface area contributed by atoms with Gasteiger partial charge in [-0.15, -0.1) is 24.0 Å². The summed E-state index contributed by atoms with van der Waals surface area (Å²) < 4.78 is 11.1. The van der Waals surface area contributed by atoms with Crippen LogP contribution in [0.4, 0.5) is 0 Å². The molecule has 1 fully saturated rings. The summed E-state index contributed by atoms with van der Waals surface area (Å²) in [7, 11) is 5.89. The number of ether oxygens (including phenoxy) is 1. The number of nitrogens with one attached hydrogen (secondary N) is 2. The predicted molar refractivity (Wildman–Crippen MR) is 141 cm³/mol. The standard InChI is InChI=1S/C24H37N5O2.HI/c1-5-25-24(26-17-21(28(2)3)19-10-8-11-20(16-19)30-4)27-18-22(23-12-9-15-31-23)29-13-6-7-14-29;/h8-12,15-16,21-22H,5-7,13-14,17-18H2,1-4H3,(H2,25,26,27);1H. The Kier molecular flexibility index (Phi) is 11.3. The van der Waals surface area contributed by atoms with Gasteiger partial charge in [0.15, 0.2) is 5.96 Å². The largest absolute Gasteiger partial charge is 0.497 e. The van der Waals surface area contributed by atoms with Gasteiger partial charge in [-0.25, -0.2) is 0 Å². The Labute approximate surface area is 209 Å². The van der Waals surface area contributed by atoms with E-state index in [4.69, 9.17) is 14.1 Å². The molecule has 1 aromatic heterocycles. The molecule has 1 aliphatic heterocycles. The molecular formula is C24H38IN5O2. The Morgan fingerprint density at radius 3 is 2.59 bits per heavy atom. The molecule has 3 rings (SSSR count). The maximum Gasteiger partial charge on any atom is 0.191 e. The third kappa shape index (κ3) is 7.38. The molecule has 0 saturated carbocycles. The van der Waals surface area contributed by atoms with Crippen LogP contribution in [0.2, 0.25) is 0 Å². The van der Waals surface area contributed by atoms with Gasteiger partial charge in [-0.1, -0.05) is 12.1 Å². The Morgan fingerprint density at radius 1 is 1.19 bits per heavy atom. The first kappa shape index (κ1) is 26.5. The number of hydrogen-bond donors (Lipinski definition) is 2. The van der Waals surface area contributed by atoms with Crippen LogP contribution >= 0.6 is 24.0 Å². The summed E-state index contributed by atoms with van der Waals surface area (Å²) in [5.41, 5.74) is 1.21. The van der Waals surface area contributed by atoms with Gasteiger partial charge in [-0.05, 0) is 76.8 Å². The van der Waals surface area contributed by atoms with Gasteiger partial charge >= 0.3 is 0 Å². The van der Waals surface area contributed by atoms with Crippen molar-refractivity contribution in [1.82, 2.24) is 20.4 Å². The van der Waals surface area contributed by atoms with Gasteiger partial charge in [-0.3, -0.25) is 9.89 Å². The van der Waals surface area contributed by atoms with Crippen molar-refractivity contribution >= 4 is 29.9 Å². The van der Waals surface area contributed by atoms with Gasteiger partial charge in [0.2, 0.25) is 0 Å². The fourth-order valence-corrected chi connectivity index (χ4v) is 4.08. The molecule has 178 valence electrons. The zero-order valence-corrected chi connectivity index (χ0v) is 22.0. The number of rotatable bonds is 10. The first-order valence-electron chi connectivity index (χ1n) is 11.2. The summed E-state index contributed by atoms with van der Waals surface area (Å²) in [6.45, 7) is 6.50. The Bertz CT molecular complexity index is 806. The second-order valence-electron chi connectivity index (χ2n) is 8.13. The Hall–Kier alpha value is -1.78. The minimum absolute atomic E-state index is 0. The van der Waals surface area contributed by atoms with Crippen molar-refractivity contribution in [3.8, 4) is 5.75 Å². The SMILES string of the molecule is CCNC(=NCC(c1ccco1)N1CCCC1)NCC(c1cccc(OC)c1)N(C)C.I. The van der Waals surface area contributed by atoms with Crippen molar-refractivity contribution in [3.63, 3.8) is 0 Å².